The highest BCUT2D eigenvalue weighted by atomic mass is 16.6. The lowest BCUT2D eigenvalue weighted by atomic mass is 9.76. The van der Waals surface area contributed by atoms with Crippen molar-refractivity contribution < 1.29 is 23.8 Å². The van der Waals surface area contributed by atoms with Gasteiger partial charge in [-0.2, -0.15) is 0 Å². The summed E-state index contributed by atoms with van der Waals surface area (Å²) in [6, 6.07) is 22.9. The number of fused-ring (bicyclic) bond motifs is 7. The molecule has 3 aliphatic rings. The zero-order chi connectivity index (χ0) is 24.1. The van der Waals surface area contributed by atoms with E-state index in [1.54, 1.807) is 37.4 Å². The predicted molar refractivity (Wildman–Crippen MR) is 131 cm³/mol. The Balaban J connectivity index is 1.31. The lowest BCUT2D eigenvalue weighted by Crippen LogP contribution is -2.45. The SMILES string of the molecule is COc1cccc(C(=O)OC2C3CC(C2OC(=O)c2cccc(C)c2)C2c4ccccc4CC32)c1. The Hall–Kier alpha value is -3.60. The Bertz CT molecular complexity index is 1300. The highest BCUT2D eigenvalue weighted by Gasteiger charge is 2.63. The minimum atomic E-state index is -0.477. The Morgan fingerprint density at radius 3 is 2.20 bits per heavy atom. The maximum absolute atomic E-state index is 13.2. The summed E-state index contributed by atoms with van der Waals surface area (Å²) in [7, 11) is 1.57. The highest BCUT2D eigenvalue weighted by Crippen LogP contribution is 2.62. The van der Waals surface area contributed by atoms with Crippen LogP contribution >= 0.6 is 0 Å². The van der Waals surface area contributed by atoms with E-state index in [1.807, 2.05) is 25.1 Å². The second-order valence-corrected chi connectivity index (χ2v) is 10.00. The minimum Gasteiger partial charge on any atom is -0.497 e. The van der Waals surface area contributed by atoms with E-state index < -0.39 is 18.2 Å². The molecule has 0 radical (unpaired) electrons. The van der Waals surface area contributed by atoms with Crippen molar-refractivity contribution in [2.75, 3.05) is 7.11 Å². The van der Waals surface area contributed by atoms with Crippen LogP contribution in [0.5, 0.6) is 5.75 Å². The molecule has 0 spiro atoms. The Morgan fingerprint density at radius 1 is 0.771 bits per heavy atom. The number of carbonyl (C=O) groups excluding carboxylic acids is 2. The van der Waals surface area contributed by atoms with Crippen LogP contribution in [0, 0.1) is 24.7 Å². The van der Waals surface area contributed by atoms with E-state index in [4.69, 9.17) is 14.2 Å². The molecule has 6 rings (SSSR count). The first-order valence-electron chi connectivity index (χ1n) is 12.2. The monoisotopic (exact) mass is 468 g/mol. The number of methoxy groups -OCH3 is 1. The number of benzene rings is 3. The van der Waals surface area contributed by atoms with E-state index in [2.05, 4.69) is 24.3 Å². The molecule has 5 heteroatoms. The molecule has 0 saturated heterocycles. The fraction of sp³-hybridized carbons (Fsp3) is 0.333. The van der Waals surface area contributed by atoms with Crippen molar-refractivity contribution in [1.82, 2.24) is 0 Å². The van der Waals surface area contributed by atoms with Crippen LogP contribution < -0.4 is 4.74 Å². The first kappa shape index (κ1) is 21.9. The van der Waals surface area contributed by atoms with Gasteiger partial charge in [-0.25, -0.2) is 9.59 Å². The van der Waals surface area contributed by atoms with Crippen LogP contribution in [-0.4, -0.2) is 31.3 Å². The maximum atomic E-state index is 13.2. The molecule has 3 aromatic carbocycles. The van der Waals surface area contributed by atoms with E-state index in [-0.39, 0.29) is 17.8 Å². The Kier molecular flexibility index (Phi) is 5.36. The van der Waals surface area contributed by atoms with Crippen molar-refractivity contribution in [2.45, 2.75) is 37.9 Å². The van der Waals surface area contributed by atoms with E-state index in [1.165, 1.54) is 11.1 Å². The van der Waals surface area contributed by atoms with Gasteiger partial charge in [-0.1, -0.05) is 48.0 Å². The van der Waals surface area contributed by atoms with Crippen molar-refractivity contribution in [1.29, 1.82) is 0 Å². The molecule has 3 aliphatic carbocycles. The van der Waals surface area contributed by atoms with E-state index in [0.717, 1.165) is 18.4 Å². The van der Waals surface area contributed by atoms with Crippen LogP contribution in [0.3, 0.4) is 0 Å². The topological polar surface area (TPSA) is 61.8 Å². The quantitative estimate of drug-likeness (QED) is 0.472. The summed E-state index contributed by atoms with van der Waals surface area (Å²) in [6.07, 6.45) is 0.928. The van der Waals surface area contributed by atoms with Gasteiger partial charge in [0.2, 0.25) is 0 Å². The Morgan fingerprint density at radius 2 is 1.46 bits per heavy atom. The summed E-state index contributed by atoms with van der Waals surface area (Å²) < 4.78 is 17.6. The van der Waals surface area contributed by atoms with Gasteiger partial charge in [0.25, 0.3) is 0 Å². The van der Waals surface area contributed by atoms with Gasteiger partial charge in [0.05, 0.1) is 18.2 Å². The van der Waals surface area contributed by atoms with Crippen LogP contribution in [0.15, 0.2) is 72.8 Å². The van der Waals surface area contributed by atoms with Crippen molar-refractivity contribution in [3.05, 3.63) is 101 Å². The average molecular weight is 469 g/mol. The van der Waals surface area contributed by atoms with Crippen molar-refractivity contribution in [3.8, 4) is 5.75 Å². The van der Waals surface area contributed by atoms with Crippen molar-refractivity contribution in [3.63, 3.8) is 0 Å². The van der Waals surface area contributed by atoms with Crippen LogP contribution in [0.25, 0.3) is 0 Å². The highest BCUT2D eigenvalue weighted by molar-refractivity contribution is 5.91. The normalized spacial score (nSPS) is 27.7. The van der Waals surface area contributed by atoms with Gasteiger partial charge in [0.1, 0.15) is 18.0 Å². The molecule has 0 amide bonds. The molecule has 0 aliphatic heterocycles. The summed E-state index contributed by atoms with van der Waals surface area (Å²) in [4.78, 5) is 26.4. The number of ether oxygens (including phenoxy) is 3. The number of hydrogen-bond acceptors (Lipinski definition) is 5. The lowest BCUT2D eigenvalue weighted by Gasteiger charge is -2.37. The molecular formula is C30H28O5. The number of aryl methyl sites for hydroxylation is 1. The van der Waals surface area contributed by atoms with Crippen LogP contribution in [0.1, 0.15) is 49.7 Å². The first-order valence-corrected chi connectivity index (χ1v) is 12.2. The first-order chi connectivity index (χ1) is 17.0. The van der Waals surface area contributed by atoms with Gasteiger partial charge in [0.15, 0.2) is 0 Å². The number of rotatable bonds is 5. The fourth-order valence-electron chi connectivity index (χ4n) is 6.68. The number of hydrogen-bond donors (Lipinski definition) is 0. The zero-order valence-corrected chi connectivity index (χ0v) is 19.8. The summed E-state index contributed by atoms with van der Waals surface area (Å²) >= 11 is 0. The number of esters is 2. The average Bonchev–Trinajstić information content (AvgIpc) is 3.53. The van der Waals surface area contributed by atoms with Gasteiger partial charge in [-0.05, 0) is 73.1 Å². The molecule has 35 heavy (non-hydrogen) atoms. The molecule has 3 aromatic rings. The molecule has 2 bridgehead atoms. The van der Waals surface area contributed by atoms with Gasteiger partial charge < -0.3 is 14.2 Å². The summed E-state index contributed by atoms with van der Waals surface area (Å²) in [6.45, 7) is 1.95. The smallest absolute Gasteiger partial charge is 0.338 e. The van der Waals surface area contributed by atoms with Gasteiger partial charge in [-0.15, -0.1) is 0 Å². The summed E-state index contributed by atoms with van der Waals surface area (Å²) in [5.41, 5.74) is 4.68. The zero-order valence-electron chi connectivity index (χ0n) is 19.8. The molecule has 0 heterocycles. The lowest BCUT2D eigenvalue weighted by molar-refractivity contribution is -0.0698. The van der Waals surface area contributed by atoms with E-state index in [0.29, 0.717) is 28.7 Å². The molecule has 2 saturated carbocycles. The van der Waals surface area contributed by atoms with E-state index >= 15 is 0 Å². The summed E-state index contributed by atoms with van der Waals surface area (Å²) in [5.74, 6) is 0.836. The predicted octanol–water partition coefficient (Wildman–Crippen LogP) is 5.36. The third-order valence-electron chi connectivity index (χ3n) is 8.10. The molecule has 2 fully saturated rings. The third kappa shape index (κ3) is 3.70. The largest absolute Gasteiger partial charge is 0.497 e. The molecule has 0 N–H and O–H groups in total. The molecule has 178 valence electrons. The third-order valence-corrected chi connectivity index (χ3v) is 8.10. The Labute approximate surface area is 205 Å². The number of carbonyl (C=O) groups is 2. The molecule has 0 aromatic heterocycles. The second-order valence-electron chi connectivity index (χ2n) is 10.00. The van der Waals surface area contributed by atoms with Gasteiger partial charge >= 0.3 is 11.9 Å². The van der Waals surface area contributed by atoms with Crippen molar-refractivity contribution in [2.24, 2.45) is 17.8 Å². The molecule has 6 atom stereocenters. The van der Waals surface area contributed by atoms with Crippen LogP contribution in [0.2, 0.25) is 0 Å². The van der Waals surface area contributed by atoms with Gasteiger partial charge in [-0.3, -0.25) is 0 Å². The minimum absolute atomic E-state index is 0.130. The van der Waals surface area contributed by atoms with Crippen LogP contribution in [0.4, 0.5) is 0 Å². The molecular weight excluding hydrogens is 440 g/mol. The van der Waals surface area contributed by atoms with Gasteiger partial charge in [0, 0.05) is 11.8 Å². The fourth-order valence-corrected chi connectivity index (χ4v) is 6.68. The molecule has 6 unspecified atom stereocenters. The standard InChI is InChI=1S/C30H28O5/c1-17-7-5-9-19(13-17)29(31)35-28-25-16-24(23-15-18-8-3-4-12-22(18)26(23)25)27(28)34-30(32)20-10-6-11-21(14-20)33-2/h3-14,23-28H,15-16H2,1-2H3. The van der Waals surface area contributed by atoms with Crippen LogP contribution in [-0.2, 0) is 15.9 Å². The van der Waals surface area contributed by atoms with Crippen molar-refractivity contribution >= 4 is 11.9 Å². The van der Waals surface area contributed by atoms with E-state index in [9.17, 15) is 9.59 Å². The second kappa shape index (κ2) is 8.56. The maximum Gasteiger partial charge on any atom is 0.338 e. The summed E-state index contributed by atoms with van der Waals surface area (Å²) in [5, 5.41) is 0. The molecule has 5 nitrogen and oxygen atoms in total.